The van der Waals surface area contributed by atoms with Gasteiger partial charge in [-0.3, -0.25) is 19.3 Å². The van der Waals surface area contributed by atoms with Crippen molar-refractivity contribution in [2.45, 2.75) is 44.1 Å². The van der Waals surface area contributed by atoms with E-state index in [1.165, 1.54) is 31.3 Å². The van der Waals surface area contributed by atoms with Crippen LogP contribution in [-0.4, -0.2) is 54.4 Å². The van der Waals surface area contributed by atoms with Crippen molar-refractivity contribution in [2.75, 3.05) is 26.9 Å². The summed E-state index contributed by atoms with van der Waals surface area (Å²) in [5.74, 6) is 3.40. The number of rotatable bonds is 10. The van der Waals surface area contributed by atoms with Crippen LogP contribution in [0.2, 0.25) is 0 Å². The highest BCUT2D eigenvalue weighted by Crippen LogP contribution is 2.55. The first-order valence-electron chi connectivity index (χ1n) is 15.4. The molecule has 4 aliphatic carbocycles. The number of nitrogens with one attached hydrogen (secondary N) is 1. The third-order valence-electron chi connectivity index (χ3n) is 9.48. The van der Waals surface area contributed by atoms with Gasteiger partial charge in [0.05, 0.1) is 18.6 Å². The van der Waals surface area contributed by atoms with Crippen LogP contribution in [0.25, 0.3) is 16.8 Å². The molecule has 5 aliphatic rings. The fraction of sp³-hybridized carbons (Fsp3) is 0.400. The summed E-state index contributed by atoms with van der Waals surface area (Å²) in [6, 6.07) is 19.0. The second kappa shape index (κ2) is 11.8. The molecule has 8 nitrogen and oxygen atoms in total. The number of ether oxygens (including phenoxy) is 3. The van der Waals surface area contributed by atoms with E-state index < -0.39 is 0 Å². The predicted octanol–water partition coefficient (Wildman–Crippen LogP) is 6.43. The minimum absolute atomic E-state index is 0.0613. The van der Waals surface area contributed by atoms with E-state index in [-0.39, 0.29) is 42.4 Å². The minimum atomic E-state index is -0.359. The highest BCUT2D eigenvalue weighted by Gasteiger charge is 2.51. The second-order valence-electron chi connectivity index (χ2n) is 12.6. The van der Waals surface area contributed by atoms with Crippen LogP contribution in [0.4, 0.5) is 4.79 Å². The van der Waals surface area contributed by atoms with Gasteiger partial charge in [-0.2, -0.15) is 0 Å². The lowest BCUT2D eigenvalue weighted by Gasteiger charge is -2.56. The van der Waals surface area contributed by atoms with Gasteiger partial charge in [-0.05, 0) is 103 Å². The number of imide groups is 1. The smallest absolute Gasteiger partial charge is 0.293 e. The molecule has 0 atom stereocenters. The maximum atomic E-state index is 13.1. The van der Waals surface area contributed by atoms with E-state index in [2.05, 4.69) is 5.32 Å². The summed E-state index contributed by atoms with van der Waals surface area (Å²) < 4.78 is 17.4. The first-order chi connectivity index (χ1) is 21.4. The van der Waals surface area contributed by atoms with E-state index in [0.29, 0.717) is 27.7 Å². The number of thioether (sulfide) groups is 1. The third-order valence-corrected chi connectivity index (χ3v) is 10.4. The Morgan fingerprint density at radius 1 is 0.932 bits per heavy atom. The molecule has 8 rings (SSSR count). The molecule has 0 spiro atoms. The predicted molar refractivity (Wildman–Crippen MR) is 170 cm³/mol. The first kappa shape index (κ1) is 28.8. The van der Waals surface area contributed by atoms with Crippen molar-refractivity contribution in [3.63, 3.8) is 0 Å². The highest BCUT2D eigenvalue weighted by atomic mass is 32.2. The summed E-state index contributed by atoms with van der Waals surface area (Å²) >= 11 is 0.901. The Hall–Kier alpha value is -3.98. The van der Waals surface area contributed by atoms with Gasteiger partial charge in [0.1, 0.15) is 12.4 Å². The molecule has 4 saturated carbocycles. The molecule has 1 aliphatic heterocycles. The van der Waals surface area contributed by atoms with Gasteiger partial charge in [0.15, 0.2) is 18.1 Å². The zero-order valence-corrected chi connectivity index (χ0v) is 25.6. The lowest BCUT2D eigenvalue weighted by atomic mass is 9.53. The van der Waals surface area contributed by atoms with Gasteiger partial charge in [0.25, 0.3) is 17.1 Å². The van der Waals surface area contributed by atoms with Crippen molar-refractivity contribution in [1.29, 1.82) is 0 Å². The molecular formula is C35H36N2O6S. The van der Waals surface area contributed by atoms with Gasteiger partial charge in [0, 0.05) is 10.9 Å². The van der Waals surface area contributed by atoms with Crippen LogP contribution in [0.15, 0.2) is 65.6 Å². The first-order valence-corrected chi connectivity index (χ1v) is 16.2. The van der Waals surface area contributed by atoms with Crippen LogP contribution >= 0.6 is 11.8 Å². The molecule has 1 N–H and O–H groups in total. The minimum Gasteiger partial charge on any atom is -0.493 e. The van der Waals surface area contributed by atoms with Crippen molar-refractivity contribution in [1.82, 2.24) is 10.2 Å². The monoisotopic (exact) mass is 612 g/mol. The number of hydrogen-bond donors (Lipinski definition) is 1. The summed E-state index contributed by atoms with van der Waals surface area (Å²) in [7, 11) is 1.53. The van der Waals surface area contributed by atoms with Gasteiger partial charge in [-0.1, -0.05) is 42.5 Å². The van der Waals surface area contributed by atoms with E-state index in [9.17, 15) is 14.4 Å². The van der Waals surface area contributed by atoms with Crippen LogP contribution in [0.3, 0.4) is 0 Å². The Labute approximate surface area is 261 Å². The summed E-state index contributed by atoms with van der Waals surface area (Å²) in [6.07, 6.45) is 8.90. The van der Waals surface area contributed by atoms with Crippen LogP contribution in [0, 0.1) is 17.8 Å². The Kier molecular flexibility index (Phi) is 7.74. The number of hydrogen-bond acceptors (Lipinski definition) is 7. The number of fused-ring (bicyclic) bond motifs is 1. The number of benzene rings is 3. The molecule has 9 heteroatoms. The molecule has 3 aromatic carbocycles. The molecule has 3 aromatic rings. The lowest BCUT2D eigenvalue weighted by Crippen LogP contribution is -2.60. The van der Waals surface area contributed by atoms with Crippen LogP contribution < -0.4 is 19.5 Å². The molecule has 1 saturated heterocycles. The molecule has 228 valence electrons. The van der Waals surface area contributed by atoms with Crippen molar-refractivity contribution in [2.24, 2.45) is 17.8 Å². The fourth-order valence-corrected chi connectivity index (χ4v) is 8.91. The zero-order chi connectivity index (χ0) is 30.3. The van der Waals surface area contributed by atoms with E-state index in [1.54, 1.807) is 24.3 Å². The maximum absolute atomic E-state index is 13.1. The molecule has 0 unspecified atom stereocenters. The molecule has 5 fully saturated rings. The number of nitrogens with zero attached hydrogens (tertiary/aromatic N) is 1. The van der Waals surface area contributed by atoms with Crippen molar-refractivity contribution in [3.8, 4) is 17.2 Å². The second-order valence-corrected chi connectivity index (χ2v) is 13.6. The molecule has 4 bridgehead atoms. The lowest BCUT2D eigenvalue weighted by molar-refractivity contribution is -0.129. The molecule has 0 radical (unpaired) electrons. The average Bonchev–Trinajstić information content (AvgIpc) is 3.26. The van der Waals surface area contributed by atoms with Crippen molar-refractivity contribution < 1.29 is 28.6 Å². The average molecular weight is 613 g/mol. The highest BCUT2D eigenvalue weighted by molar-refractivity contribution is 8.18. The number of carbonyl (C=O) groups excluding carboxylic acids is 3. The quantitative estimate of drug-likeness (QED) is 0.264. The Morgan fingerprint density at radius 2 is 1.66 bits per heavy atom. The molecular weight excluding hydrogens is 576 g/mol. The van der Waals surface area contributed by atoms with Gasteiger partial charge in [0.2, 0.25) is 0 Å². The Morgan fingerprint density at radius 3 is 2.41 bits per heavy atom. The Bertz CT molecular complexity index is 1610. The summed E-state index contributed by atoms with van der Waals surface area (Å²) in [5, 5.41) is 5.04. The molecule has 3 amide bonds. The summed E-state index contributed by atoms with van der Waals surface area (Å²) in [5.41, 5.74) is 0.624. The number of methoxy groups -OCH3 is 1. The Balaban J connectivity index is 0.953. The standard InChI is InChI=1S/C35H36N2O6S/c1-41-30-16-22(9-10-29(30)43-21-32(38)36-35-18-23-13-24(19-35)15-25(14-23)20-35)17-31-33(39)37(34(40)44-31)11-12-42-28-8-4-6-26-5-2-3-7-27(26)28/h2-10,16-17,23-25H,11-15,18-21H2,1H3,(H,36,38)/b31-17-. The van der Waals surface area contributed by atoms with Gasteiger partial charge in [-0.25, -0.2) is 0 Å². The van der Waals surface area contributed by atoms with E-state index in [4.69, 9.17) is 14.2 Å². The van der Waals surface area contributed by atoms with E-state index >= 15 is 0 Å². The third kappa shape index (κ3) is 5.77. The van der Waals surface area contributed by atoms with Crippen molar-refractivity contribution >= 4 is 45.7 Å². The van der Waals surface area contributed by atoms with Gasteiger partial charge < -0.3 is 19.5 Å². The molecule has 44 heavy (non-hydrogen) atoms. The van der Waals surface area contributed by atoms with Gasteiger partial charge in [-0.15, -0.1) is 0 Å². The van der Waals surface area contributed by atoms with Crippen LogP contribution in [-0.2, 0) is 9.59 Å². The SMILES string of the molecule is COc1cc(/C=C2\SC(=O)N(CCOc3cccc4ccccc34)C2=O)ccc1OCC(=O)NC12CC3CC(CC(C3)C1)C2. The summed E-state index contributed by atoms with van der Waals surface area (Å²) in [6.45, 7) is 0.249. The largest absolute Gasteiger partial charge is 0.493 e. The van der Waals surface area contributed by atoms with E-state index in [1.807, 2.05) is 42.5 Å². The topological polar surface area (TPSA) is 94.2 Å². The van der Waals surface area contributed by atoms with E-state index in [0.717, 1.165) is 59.6 Å². The molecule has 0 aromatic heterocycles. The maximum Gasteiger partial charge on any atom is 0.293 e. The fourth-order valence-electron chi connectivity index (χ4n) is 8.04. The summed E-state index contributed by atoms with van der Waals surface area (Å²) in [4.78, 5) is 40.2. The van der Waals surface area contributed by atoms with Crippen LogP contribution in [0.1, 0.15) is 44.1 Å². The number of amides is 3. The zero-order valence-electron chi connectivity index (χ0n) is 24.8. The normalized spacial score (nSPS) is 26.4. The number of carbonyl (C=O) groups is 3. The van der Waals surface area contributed by atoms with Crippen LogP contribution in [0.5, 0.6) is 17.2 Å². The van der Waals surface area contributed by atoms with Gasteiger partial charge >= 0.3 is 0 Å². The molecule has 1 heterocycles. The van der Waals surface area contributed by atoms with Crippen molar-refractivity contribution in [3.05, 3.63) is 71.1 Å².